The van der Waals surface area contributed by atoms with Crippen molar-refractivity contribution >= 4 is 37.5 Å². The molecule has 6 nitrogen and oxygen atoms in total. The maximum absolute atomic E-state index is 12.5. The Bertz CT molecular complexity index is 879. The molecule has 0 aliphatic rings. The van der Waals surface area contributed by atoms with Gasteiger partial charge in [0.1, 0.15) is 5.75 Å². The van der Waals surface area contributed by atoms with E-state index in [1.807, 2.05) is 0 Å². The van der Waals surface area contributed by atoms with Gasteiger partial charge in [-0.05, 0) is 58.4 Å². The molecule has 0 unspecified atom stereocenters. The number of halogens is 1. The minimum Gasteiger partial charge on any atom is -0.496 e. The van der Waals surface area contributed by atoms with E-state index < -0.39 is 10.0 Å². The zero-order valence-electron chi connectivity index (χ0n) is 14.8. The van der Waals surface area contributed by atoms with Crippen LogP contribution in [-0.2, 0) is 10.0 Å². The maximum atomic E-state index is 12.5. The summed E-state index contributed by atoms with van der Waals surface area (Å²) in [5.41, 5.74) is 0.970. The molecule has 0 aliphatic heterocycles. The van der Waals surface area contributed by atoms with E-state index in [4.69, 9.17) is 4.74 Å². The molecule has 1 amide bonds. The fraction of sp³-hybridized carbons (Fsp3) is 0.278. The Kier molecular flexibility index (Phi) is 6.80. The first-order valence-electron chi connectivity index (χ1n) is 8.08. The second kappa shape index (κ2) is 8.66. The molecule has 0 saturated carbocycles. The minimum atomic E-state index is -3.51. The number of sulfonamides is 1. The number of nitrogens with zero attached hydrogens (tertiary/aromatic N) is 1. The smallest absolute Gasteiger partial charge is 0.255 e. The molecule has 0 atom stereocenters. The number of amides is 1. The number of ether oxygens (including phenoxy) is 1. The largest absolute Gasteiger partial charge is 0.496 e. The molecular weight excluding hydrogens is 420 g/mol. The molecule has 2 aromatic rings. The second-order valence-corrected chi connectivity index (χ2v) is 8.21. The summed E-state index contributed by atoms with van der Waals surface area (Å²) in [5.74, 6) is 0.334. The first-order valence-corrected chi connectivity index (χ1v) is 10.3. The second-order valence-electron chi connectivity index (χ2n) is 5.42. The van der Waals surface area contributed by atoms with E-state index in [0.29, 0.717) is 34.6 Å². The Balaban J connectivity index is 2.16. The molecule has 0 radical (unpaired) electrons. The van der Waals surface area contributed by atoms with E-state index in [0.717, 1.165) is 0 Å². The molecule has 8 heteroatoms. The van der Waals surface area contributed by atoms with Crippen LogP contribution in [0.5, 0.6) is 5.75 Å². The van der Waals surface area contributed by atoms with Crippen molar-refractivity contribution in [2.75, 3.05) is 25.5 Å². The van der Waals surface area contributed by atoms with Gasteiger partial charge in [-0.25, -0.2) is 8.42 Å². The highest BCUT2D eigenvalue weighted by molar-refractivity contribution is 9.10. The average molecular weight is 441 g/mol. The van der Waals surface area contributed by atoms with Gasteiger partial charge in [-0.15, -0.1) is 0 Å². The minimum absolute atomic E-state index is 0.200. The van der Waals surface area contributed by atoms with Crippen LogP contribution in [0.25, 0.3) is 0 Å². The van der Waals surface area contributed by atoms with Gasteiger partial charge >= 0.3 is 0 Å². The Morgan fingerprint density at radius 3 is 2.23 bits per heavy atom. The lowest BCUT2D eigenvalue weighted by Gasteiger charge is -2.18. The molecule has 26 heavy (non-hydrogen) atoms. The first kappa shape index (κ1) is 20.4. The Morgan fingerprint density at radius 1 is 1.12 bits per heavy atom. The molecule has 0 fully saturated rings. The summed E-state index contributed by atoms with van der Waals surface area (Å²) in [4.78, 5) is 12.5. The maximum Gasteiger partial charge on any atom is 0.255 e. The van der Waals surface area contributed by atoms with Gasteiger partial charge in [-0.3, -0.25) is 4.79 Å². The zero-order valence-corrected chi connectivity index (χ0v) is 17.2. The van der Waals surface area contributed by atoms with Crippen molar-refractivity contribution in [1.82, 2.24) is 4.31 Å². The first-order chi connectivity index (χ1) is 12.3. The number of carbonyl (C=O) groups is 1. The number of nitrogens with one attached hydrogen (secondary N) is 1. The zero-order chi connectivity index (χ0) is 19.3. The fourth-order valence-corrected chi connectivity index (χ4v) is 4.43. The van der Waals surface area contributed by atoms with Crippen LogP contribution in [0.2, 0.25) is 0 Å². The lowest BCUT2D eigenvalue weighted by molar-refractivity contribution is 0.102. The Morgan fingerprint density at radius 2 is 1.73 bits per heavy atom. The Labute approximate surface area is 162 Å². The third-order valence-corrected chi connectivity index (χ3v) is 6.55. The van der Waals surface area contributed by atoms with Gasteiger partial charge < -0.3 is 10.1 Å². The van der Waals surface area contributed by atoms with Gasteiger partial charge in [0.2, 0.25) is 10.0 Å². The van der Waals surface area contributed by atoms with Gasteiger partial charge in [-0.1, -0.05) is 13.8 Å². The number of benzene rings is 2. The molecule has 0 aliphatic carbocycles. The van der Waals surface area contributed by atoms with Crippen molar-refractivity contribution in [2.45, 2.75) is 18.7 Å². The highest BCUT2D eigenvalue weighted by atomic mass is 79.9. The number of anilines is 1. The summed E-state index contributed by atoms with van der Waals surface area (Å²) < 4.78 is 32.1. The standard InChI is InChI=1S/C18H21BrN2O4S/c1-4-21(5-2)26(23,24)15-9-7-14(8-10-15)20-18(22)13-6-11-17(25-3)16(19)12-13/h6-12H,4-5H2,1-3H3,(H,20,22). The molecule has 0 saturated heterocycles. The predicted octanol–water partition coefficient (Wildman–Crippen LogP) is 3.74. The van der Waals surface area contributed by atoms with Crippen LogP contribution in [0.3, 0.4) is 0 Å². The summed E-state index contributed by atoms with van der Waals surface area (Å²) in [6, 6.07) is 11.1. The number of rotatable bonds is 7. The quantitative estimate of drug-likeness (QED) is 0.711. The van der Waals surface area contributed by atoms with Gasteiger partial charge in [0.15, 0.2) is 0 Å². The van der Waals surface area contributed by atoms with Crippen molar-refractivity contribution in [3.05, 3.63) is 52.5 Å². The van der Waals surface area contributed by atoms with Crippen LogP contribution < -0.4 is 10.1 Å². The van der Waals surface area contributed by atoms with Crippen LogP contribution in [0, 0.1) is 0 Å². The van der Waals surface area contributed by atoms with E-state index >= 15 is 0 Å². The van der Waals surface area contributed by atoms with Crippen LogP contribution in [0.4, 0.5) is 5.69 Å². The highest BCUT2D eigenvalue weighted by Crippen LogP contribution is 2.26. The van der Waals surface area contributed by atoms with Crippen molar-refractivity contribution in [1.29, 1.82) is 0 Å². The molecule has 140 valence electrons. The summed E-state index contributed by atoms with van der Waals surface area (Å²) in [6.45, 7) is 4.40. The molecule has 2 rings (SSSR count). The van der Waals surface area contributed by atoms with Crippen LogP contribution in [0.1, 0.15) is 24.2 Å². The van der Waals surface area contributed by atoms with Gasteiger partial charge in [-0.2, -0.15) is 4.31 Å². The molecule has 0 aromatic heterocycles. The number of carbonyl (C=O) groups excluding carboxylic acids is 1. The molecule has 0 heterocycles. The predicted molar refractivity (Wildman–Crippen MR) is 105 cm³/mol. The molecule has 0 bridgehead atoms. The molecule has 0 spiro atoms. The number of methoxy groups -OCH3 is 1. The Hall–Kier alpha value is -1.90. The number of hydrogen-bond acceptors (Lipinski definition) is 4. The average Bonchev–Trinajstić information content (AvgIpc) is 2.62. The highest BCUT2D eigenvalue weighted by Gasteiger charge is 2.21. The number of hydrogen-bond donors (Lipinski definition) is 1. The fourth-order valence-electron chi connectivity index (χ4n) is 2.43. The van der Waals surface area contributed by atoms with Crippen molar-refractivity contribution in [3.8, 4) is 5.75 Å². The van der Waals surface area contributed by atoms with E-state index in [1.165, 1.54) is 16.4 Å². The molecule has 2 aromatic carbocycles. The molecular formula is C18H21BrN2O4S. The van der Waals surface area contributed by atoms with Gasteiger partial charge in [0.05, 0.1) is 16.5 Å². The molecule has 1 N–H and O–H groups in total. The lowest BCUT2D eigenvalue weighted by atomic mass is 10.2. The SMILES string of the molecule is CCN(CC)S(=O)(=O)c1ccc(NC(=O)c2ccc(OC)c(Br)c2)cc1. The lowest BCUT2D eigenvalue weighted by Crippen LogP contribution is -2.30. The van der Waals surface area contributed by atoms with Crippen LogP contribution in [0.15, 0.2) is 51.8 Å². The van der Waals surface area contributed by atoms with E-state index in [1.54, 1.807) is 51.3 Å². The van der Waals surface area contributed by atoms with E-state index in [9.17, 15) is 13.2 Å². The topological polar surface area (TPSA) is 75.7 Å². The summed E-state index contributed by atoms with van der Waals surface area (Å²) in [7, 11) is -1.96. The van der Waals surface area contributed by atoms with E-state index in [2.05, 4.69) is 21.2 Å². The van der Waals surface area contributed by atoms with Gasteiger partial charge in [0.25, 0.3) is 5.91 Å². The summed E-state index contributed by atoms with van der Waals surface area (Å²) in [5, 5.41) is 2.75. The van der Waals surface area contributed by atoms with Crippen molar-refractivity contribution < 1.29 is 17.9 Å². The summed E-state index contributed by atoms with van der Waals surface area (Å²) >= 11 is 3.34. The van der Waals surface area contributed by atoms with Crippen LogP contribution in [-0.4, -0.2) is 38.8 Å². The normalized spacial score (nSPS) is 11.4. The monoisotopic (exact) mass is 440 g/mol. The third-order valence-electron chi connectivity index (χ3n) is 3.87. The van der Waals surface area contributed by atoms with E-state index in [-0.39, 0.29) is 10.8 Å². The van der Waals surface area contributed by atoms with Gasteiger partial charge in [0, 0.05) is 24.3 Å². The van der Waals surface area contributed by atoms with Crippen LogP contribution >= 0.6 is 15.9 Å². The van der Waals surface area contributed by atoms with Crippen molar-refractivity contribution in [3.63, 3.8) is 0 Å². The van der Waals surface area contributed by atoms with Crippen molar-refractivity contribution in [2.24, 2.45) is 0 Å². The third kappa shape index (κ3) is 4.44. The summed E-state index contributed by atoms with van der Waals surface area (Å²) in [6.07, 6.45) is 0.